The second-order valence-electron chi connectivity index (χ2n) is 3.84. The number of rotatable bonds is 3. The van der Waals surface area contributed by atoms with Crippen molar-refractivity contribution in [3.63, 3.8) is 0 Å². The summed E-state index contributed by atoms with van der Waals surface area (Å²) in [7, 11) is 1.65. The number of hydrogen-bond acceptors (Lipinski definition) is 5. The molecule has 0 spiro atoms. The SMILES string of the molecule is CNc1ncnc(N)c1C(=[NH2+])c1cc(O)cc(F)c1. The summed E-state index contributed by atoms with van der Waals surface area (Å²) in [6.07, 6.45) is 1.29. The van der Waals surface area contributed by atoms with Gasteiger partial charge in [-0.2, -0.15) is 0 Å². The smallest absolute Gasteiger partial charge is 0.219 e. The maximum absolute atomic E-state index is 13.3. The molecule has 98 valence electrons. The quantitative estimate of drug-likeness (QED) is 0.560. The second kappa shape index (κ2) is 4.89. The van der Waals surface area contributed by atoms with Crippen molar-refractivity contribution in [3.8, 4) is 5.75 Å². The molecule has 2 rings (SSSR count). The lowest BCUT2D eigenvalue weighted by Gasteiger charge is -2.08. The van der Waals surface area contributed by atoms with E-state index in [9.17, 15) is 9.50 Å². The summed E-state index contributed by atoms with van der Waals surface area (Å²) in [6.45, 7) is 0. The number of aromatic hydroxyl groups is 1. The van der Waals surface area contributed by atoms with Gasteiger partial charge in [-0.25, -0.2) is 14.4 Å². The van der Waals surface area contributed by atoms with E-state index in [1.807, 2.05) is 0 Å². The van der Waals surface area contributed by atoms with E-state index in [0.717, 1.165) is 6.07 Å². The van der Waals surface area contributed by atoms with Gasteiger partial charge in [0.05, 0.1) is 5.56 Å². The van der Waals surface area contributed by atoms with Crippen molar-refractivity contribution < 1.29 is 14.9 Å². The third kappa shape index (κ3) is 2.44. The molecule has 0 aliphatic carbocycles. The Kier molecular flexibility index (Phi) is 3.28. The van der Waals surface area contributed by atoms with E-state index >= 15 is 0 Å². The van der Waals surface area contributed by atoms with E-state index in [-0.39, 0.29) is 17.3 Å². The van der Waals surface area contributed by atoms with Gasteiger partial charge in [0.15, 0.2) is 0 Å². The average molecular weight is 262 g/mol. The van der Waals surface area contributed by atoms with Crippen LogP contribution >= 0.6 is 0 Å². The topological polar surface area (TPSA) is 110 Å². The van der Waals surface area contributed by atoms with E-state index in [1.165, 1.54) is 18.5 Å². The molecule has 0 unspecified atom stereocenters. The number of halogens is 1. The van der Waals surface area contributed by atoms with Gasteiger partial charge in [-0.3, -0.25) is 5.41 Å². The first-order valence-corrected chi connectivity index (χ1v) is 5.44. The molecule has 1 aromatic carbocycles. The number of hydrogen-bond donors (Lipinski definition) is 4. The van der Waals surface area contributed by atoms with Crippen LogP contribution in [0.1, 0.15) is 11.1 Å². The zero-order valence-corrected chi connectivity index (χ0v) is 10.2. The highest BCUT2D eigenvalue weighted by atomic mass is 19.1. The van der Waals surface area contributed by atoms with E-state index < -0.39 is 5.82 Å². The van der Waals surface area contributed by atoms with E-state index in [0.29, 0.717) is 16.9 Å². The van der Waals surface area contributed by atoms with Gasteiger partial charge in [0.1, 0.15) is 35.1 Å². The normalized spacial score (nSPS) is 10.2. The van der Waals surface area contributed by atoms with Crippen LogP contribution in [0.25, 0.3) is 0 Å². The van der Waals surface area contributed by atoms with Crippen LogP contribution in [0.15, 0.2) is 24.5 Å². The lowest BCUT2D eigenvalue weighted by Crippen LogP contribution is -2.42. The number of phenols is 1. The van der Waals surface area contributed by atoms with Crippen LogP contribution in [0.4, 0.5) is 16.0 Å². The Balaban J connectivity index is 2.56. The highest BCUT2D eigenvalue weighted by Crippen LogP contribution is 2.22. The van der Waals surface area contributed by atoms with Crippen LogP contribution in [0, 0.1) is 5.82 Å². The number of nitrogens with two attached hydrogens (primary N) is 2. The highest BCUT2D eigenvalue weighted by molar-refractivity contribution is 6.14. The molecular weight excluding hydrogens is 249 g/mol. The molecule has 6 nitrogen and oxygen atoms in total. The molecule has 0 saturated carbocycles. The van der Waals surface area contributed by atoms with Crippen molar-refractivity contribution in [3.05, 3.63) is 41.5 Å². The minimum Gasteiger partial charge on any atom is -0.508 e. The summed E-state index contributed by atoms with van der Waals surface area (Å²) < 4.78 is 13.3. The minimum atomic E-state index is -0.598. The third-order valence-corrected chi connectivity index (χ3v) is 2.58. The van der Waals surface area contributed by atoms with Gasteiger partial charge in [-0.1, -0.05) is 0 Å². The van der Waals surface area contributed by atoms with Crippen molar-refractivity contribution in [2.24, 2.45) is 0 Å². The van der Waals surface area contributed by atoms with Crippen LogP contribution in [-0.4, -0.2) is 27.8 Å². The molecule has 1 heterocycles. The maximum Gasteiger partial charge on any atom is 0.219 e. The standard InChI is InChI=1S/C12H12FN5O/c1-16-12-9(11(15)17-5-18-12)10(14)6-2-7(13)4-8(19)3-6/h2-5,14,19H,1H3,(H3,15,16,17,18)/p+1. The molecule has 0 atom stereocenters. The van der Waals surface area contributed by atoms with Gasteiger partial charge >= 0.3 is 0 Å². The molecule has 0 bridgehead atoms. The Hall–Kier alpha value is -2.70. The highest BCUT2D eigenvalue weighted by Gasteiger charge is 2.21. The Morgan fingerprint density at radius 1 is 1.37 bits per heavy atom. The van der Waals surface area contributed by atoms with E-state index in [1.54, 1.807) is 7.05 Å². The summed E-state index contributed by atoms with van der Waals surface area (Å²) >= 11 is 0. The van der Waals surface area contributed by atoms with Gasteiger partial charge in [0.25, 0.3) is 0 Å². The zero-order valence-electron chi connectivity index (χ0n) is 10.2. The molecule has 0 saturated heterocycles. The first kappa shape index (κ1) is 12.7. The monoisotopic (exact) mass is 262 g/mol. The predicted molar refractivity (Wildman–Crippen MR) is 69.2 cm³/mol. The van der Waals surface area contributed by atoms with Gasteiger partial charge < -0.3 is 16.2 Å². The van der Waals surface area contributed by atoms with Crippen molar-refractivity contribution in [2.45, 2.75) is 0 Å². The molecule has 7 heteroatoms. The molecule has 0 radical (unpaired) electrons. The fourth-order valence-electron chi connectivity index (χ4n) is 1.73. The van der Waals surface area contributed by atoms with Gasteiger partial charge in [-0.15, -0.1) is 0 Å². The van der Waals surface area contributed by atoms with Crippen LogP contribution < -0.4 is 16.5 Å². The number of nitrogens with one attached hydrogen (secondary N) is 1. The summed E-state index contributed by atoms with van der Waals surface area (Å²) in [5, 5.41) is 18.2. The van der Waals surface area contributed by atoms with Crippen molar-refractivity contribution >= 4 is 17.3 Å². The average Bonchev–Trinajstić information content (AvgIpc) is 2.36. The number of nitrogens with zero attached hydrogens (tertiary/aromatic N) is 2. The summed E-state index contributed by atoms with van der Waals surface area (Å²) in [5.41, 5.74) is 6.61. The van der Waals surface area contributed by atoms with Crippen LogP contribution in [0.5, 0.6) is 5.75 Å². The van der Waals surface area contributed by atoms with Crippen molar-refractivity contribution in [2.75, 3.05) is 18.1 Å². The molecular formula is C12H13FN5O+. The fourth-order valence-corrected chi connectivity index (χ4v) is 1.73. The number of benzene rings is 1. The second-order valence-corrected chi connectivity index (χ2v) is 3.84. The van der Waals surface area contributed by atoms with Crippen molar-refractivity contribution in [1.29, 1.82) is 0 Å². The number of aromatic nitrogens is 2. The Morgan fingerprint density at radius 2 is 2.11 bits per heavy atom. The number of phenolic OH excluding ortho intramolecular Hbond substituents is 1. The summed E-state index contributed by atoms with van der Waals surface area (Å²) in [4.78, 5) is 7.84. The van der Waals surface area contributed by atoms with E-state index in [4.69, 9.17) is 11.1 Å². The summed E-state index contributed by atoms with van der Waals surface area (Å²) in [6, 6.07) is 3.52. The van der Waals surface area contributed by atoms with Gasteiger partial charge in [-0.05, 0) is 12.1 Å². The first-order valence-electron chi connectivity index (χ1n) is 5.44. The Labute approximate surface area is 108 Å². The molecule has 0 aliphatic heterocycles. The summed E-state index contributed by atoms with van der Waals surface area (Å²) in [5.74, 6) is -0.229. The molecule has 0 aliphatic rings. The lowest BCUT2D eigenvalue weighted by atomic mass is 10.0. The molecule has 19 heavy (non-hydrogen) atoms. The lowest BCUT2D eigenvalue weighted by molar-refractivity contribution is -0.111. The first-order chi connectivity index (χ1) is 9.02. The molecule has 0 amide bonds. The predicted octanol–water partition coefficient (Wildman–Crippen LogP) is -0.458. The largest absolute Gasteiger partial charge is 0.508 e. The van der Waals surface area contributed by atoms with Crippen LogP contribution in [0.2, 0.25) is 0 Å². The Morgan fingerprint density at radius 3 is 2.74 bits per heavy atom. The Bertz CT molecular complexity index is 624. The zero-order chi connectivity index (χ0) is 14.0. The number of anilines is 2. The number of nitrogen functional groups attached to an aromatic ring is 1. The fraction of sp³-hybridized carbons (Fsp3) is 0.0833. The molecule has 0 fully saturated rings. The van der Waals surface area contributed by atoms with Crippen molar-refractivity contribution in [1.82, 2.24) is 9.97 Å². The van der Waals surface area contributed by atoms with Gasteiger partial charge in [0.2, 0.25) is 5.71 Å². The third-order valence-electron chi connectivity index (χ3n) is 2.58. The molecule has 2 aromatic rings. The van der Waals surface area contributed by atoms with Gasteiger partial charge in [0, 0.05) is 13.1 Å². The van der Waals surface area contributed by atoms with Crippen LogP contribution in [-0.2, 0) is 0 Å². The molecule has 1 aromatic heterocycles. The van der Waals surface area contributed by atoms with Crippen LogP contribution in [0.3, 0.4) is 0 Å². The molecule has 6 N–H and O–H groups in total. The maximum atomic E-state index is 13.3. The van der Waals surface area contributed by atoms with E-state index in [2.05, 4.69) is 15.3 Å². The minimum absolute atomic E-state index is 0.167.